The molecule has 0 aromatic carbocycles. The summed E-state index contributed by atoms with van der Waals surface area (Å²) >= 11 is 4.99. The van der Waals surface area contributed by atoms with Crippen LogP contribution in [0.5, 0.6) is 0 Å². The summed E-state index contributed by atoms with van der Waals surface area (Å²) in [6.07, 6.45) is 0. The fourth-order valence-corrected chi connectivity index (χ4v) is 1.40. The lowest BCUT2D eigenvalue weighted by atomic mass is 10.6. The van der Waals surface area contributed by atoms with Crippen molar-refractivity contribution in [2.24, 2.45) is 7.05 Å². The molecular weight excluding hydrogens is 202 g/mol. The maximum absolute atomic E-state index is 11.2. The predicted octanol–water partition coefficient (Wildman–Crippen LogP) is -0.515. The molecule has 0 bridgehead atoms. The molecule has 1 aromatic heterocycles. The van der Waals surface area contributed by atoms with Gasteiger partial charge in [-0.2, -0.15) is 0 Å². The number of carbonyl (C=O) groups excluding carboxylic acids is 1. The van der Waals surface area contributed by atoms with E-state index in [9.17, 15) is 4.79 Å². The Morgan fingerprint density at radius 1 is 1.71 bits per heavy atom. The van der Waals surface area contributed by atoms with Gasteiger partial charge < -0.3 is 17.4 Å². The standard InChI is InChI=1S/C8H13N3O2S/c1-4-13-7(12)5-11-6(2)10(3)9-8(11)14/h4-5H2,1-3H3. The highest BCUT2D eigenvalue weighted by atomic mass is 32.1. The van der Waals surface area contributed by atoms with E-state index >= 15 is 0 Å². The predicted molar refractivity (Wildman–Crippen MR) is 50.4 cm³/mol. The third kappa shape index (κ3) is 2.20. The lowest BCUT2D eigenvalue weighted by molar-refractivity contribution is -0.728. The Bertz CT molecular complexity index is 349. The van der Waals surface area contributed by atoms with E-state index in [-0.39, 0.29) is 12.5 Å². The van der Waals surface area contributed by atoms with Crippen LogP contribution in [0.15, 0.2) is 5.16 Å². The molecule has 14 heavy (non-hydrogen) atoms. The second-order valence-electron chi connectivity index (χ2n) is 2.84. The highest BCUT2D eigenvalue weighted by Crippen LogP contribution is 1.91. The molecule has 0 radical (unpaired) electrons. The summed E-state index contributed by atoms with van der Waals surface area (Å²) in [5.74, 6) is 0.544. The van der Waals surface area contributed by atoms with E-state index in [1.807, 2.05) is 6.92 Å². The third-order valence-corrected chi connectivity index (χ3v) is 2.22. The van der Waals surface area contributed by atoms with Gasteiger partial charge in [0.25, 0.3) is 0 Å². The molecule has 78 valence electrons. The Kier molecular flexibility index (Phi) is 3.40. The smallest absolute Gasteiger partial charge is 0.340 e. The Balaban J connectivity index is 2.81. The van der Waals surface area contributed by atoms with E-state index in [1.54, 1.807) is 23.2 Å². The summed E-state index contributed by atoms with van der Waals surface area (Å²) < 4.78 is 8.11. The molecule has 5 nitrogen and oxygen atoms in total. The topological polar surface area (TPSA) is 48.0 Å². The summed E-state index contributed by atoms with van der Waals surface area (Å²) in [6, 6.07) is 0. The van der Waals surface area contributed by atoms with E-state index in [1.165, 1.54) is 0 Å². The number of hydrogen-bond acceptors (Lipinski definition) is 4. The number of hydrogen-bond donors (Lipinski definition) is 0. The zero-order valence-electron chi connectivity index (χ0n) is 8.48. The van der Waals surface area contributed by atoms with E-state index in [0.717, 1.165) is 5.82 Å². The van der Waals surface area contributed by atoms with Crippen LogP contribution in [0.1, 0.15) is 12.7 Å². The first kappa shape index (κ1) is 10.9. The monoisotopic (exact) mass is 215 g/mol. The molecule has 0 N–H and O–H groups in total. The van der Waals surface area contributed by atoms with Crippen LogP contribution in [0.2, 0.25) is 0 Å². The molecule has 0 saturated carbocycles. The Morgan fingerprint density at radius 2 is 2.36 bits per heavy atom. The highest BCUT2D eigenvalue weighted by molar-refractivity contribution is 7.58. The minimum Gasteiger partial charge on any atom is -0.703 e. The molecule has 1 rings (SSSR count). The maximum atomic E-state index is 11.2. The maximum Gasteiger partial charge on any atom is 0.340 e. The Morgan fingerprint density at radius 3 is 2.79 bits per heavy atom. The summed E-state index contributed by atoms with van der Waals surface area (Å²) in [5, 5.41) is 4.41. The molecule has 1 heterocycles. The van der Waals surface area contributed by atoms with Crippen LogP contribution in [-0.4, -0.2) is 22.4 Å². The van der Waals surface area contributed by atoms with E-state index < -0.39 is 0 Å². The van der Waals surface area contributed by atoms with Crippen molar-refractivity contribution in [3.8, 4) is 0 Å². The lowest BCUT2D eigenvalue weighted by Gasteiger charge is -2.03. The SMILES string of the molecule is CCOC(=O)C[n+]1c([S-])nn(C)c1C. The first-order chi connectivity index (χ1) is 6.56. The number of esters is 1. The number of carbonyl (C=O) groups is 1. The van der Waals surface area contributed by atoms with Crippen molar-refractivity contribution < 1.29 is 14.1 Å². The van der Waals surface area contributed by atoms with Crippen LogP contribution in [-0.2, 0) is 35.8 Å². The Hall–Kier alpha value is -1.17. The zero-order chi connectivity index (χ0) is 10.7. The fourth-order valence-electron chi connectivity index (χ4n) is 1.09. The van der Waals surface area contributed by atoms with E-state index in [2.05, 4.69) is 5.10 Å². The van der Waals surface area contributed by atoms with Crippen molar-refractivity contribution in [1.29, 1.82) is 0 Å². The van der Waals surface area contributed by atoms with Crippen LogP contribution < -0.4 is 4.57 Å². The van der Waals surface area contributed by atoms with Gasteiger partial charge in [0.1, 0.15) is 0 Å². The molecule has 0 unspecified atom stereocenters. The number of ether oxygens (including phenoxy) is 1. The molecule has 0 amide bonds. The molecular formula is C8H13N3O2S. The number of aromatic nitrogens is 3. The summed E-state index contributed by atoms with van der Waals surface area (Å²) in [4.78, 5) is 11.2. The minimum atomic E-state index is -0.292. The third-order valence-electron chi connectivity index (χ3n) is 1.92. The zero-order valence-corrected chi connectivity index (χ0v) is 9.30. The highest BCUT2D eigenvalue weighted by Gasteiger charge is 2.15. The van der Waals surface area contributed by atoms with Gasteiger partial charge in [-0.15, -0.1) is 4.68 Å². The van der Waals surface area contributed by atoms with Crippen LogP contribution >= 0.6 is 0 Å². The summed E-state index contributed by atoms with van der Waals surface area (Å²) in [5.41, 5.74) is 0. The second-order valence-corrected chi connectivity index (χ2v) is 3.21. The average molecular weight is 215 g/mol. The first-order valence-corrected chi connectivity index (χ1v) is 4.73. The van der Waals surface area contributed by atoms with Crippen molar-refractivity contribution in [2.75, 3.05) is 6.61 Å². The van der Waals surface area contributed by atoms with Gasteiger partial charge in [-0.05, 0) is 6.92 Å². The molecule has 0 aliphatic carbocycles. The molecule has 0 aliphatic rings. The van der Waals surface area contributed by atoms with Gasteiger partial charge >= 0.3 is 5.97 Å². The van der Waals surface area contributed by atoms with Crippen molar-refractivity contribution in [1.82, 2.24) is 9.78 Å². The van der Waals surface area contributed by atoms with Gasteiger partial charge in [-0.3, -0.25) is 0 Å². The van der Waals surface area contributed by atoms with Crippen LogP contribution in [0, 0.1) is 6.92 Å². The lowest BCUT2D eigenvalue weighted by Crippen LogP contribution is -2.42. The second kappa shape index (κ2) is 4.36. The molecule has 0 saturated heterocycles. The van der Waals surface area contributed by atoms with Crippen molar-refractivity contribution in [3.63, 3.8) is 0 Å². The van der Waals surface area contributed by atoms with Gasteiger partial charge in [0.15, 0.2) is 11.7 Å². The van der Waals surface area contributed by atoms with Crippen molar-refractivity contribution in [3.05, 3.63) is 5.82 Å². The summed E-state index contributed by atoms with van der Waals surface area (Å²) in [6.45, 7) is 4.13. The quantitative estimate of drug-likeness (QED) is 0.387. The number of aryl methyl sites for hydroxylation is 1. The van der Waals surface area contributed by atoms with Gasteiger partial charge in [0.2, 0.25) is 5.82 Å². The van der Waals surface area contributed by atoms with Gasteiger partial charge in [0.05, 0.1) is 13.7 Å². The average Bonchev–Trinajstić information content (AvgIpc) is 2.33. The molecule has 0 fully saturated rings. The minimum absolute atomic E-state index is 0.131. The molecule has 0 spiro atoms. The van der Waals surface area contributed by atoms with Crippen molar-refractivity contribution in [2.45, 2.75) is 25.5 Å². The van der Waals surface area contributed by atoms with Gasteiger partial charge in [-0.1, -0.05) is 0 Å². The molecule has 6 heteroatoms. The van der Waals surface area contributed by atoms with Crippen LogP contribution in [0.25, 0.3) is 0 Å². The molecule has 1 aromatic rings. The van der Waals surface area contributed by atoms with E-state index in [4.69, 9.17) is 17.4 Å². The van der Waals surface area contributed by atoms with Crippen molar-refractivity contribution >= 4 is 18.6 Å². The number of rotatable bonds is 3. The van der Waals surface area contributed by atoms with Crippen LogP contribution in [0.3, 0.4) is 0 Å². The molecule has 0 aliphatic heterocycles. The Labute approximate surface area is 88.1 Å². The largest absolute Gasteiger partial charge is 0.703 e. The summed E-state index contributed by atoms with van der Waals surface area (Å²) in [7, 11) is 1.78. The molecule has 0 atom stereocenters. The van der Waals surface area contributed by atoms with Crippen LogP contribution in [0.4, 0.5) is 0 Å². The normalized spacial score (nSPS) is 10.2. The van der Waals surface area contributed by atoms with E-state index in [0.29, 0.717) is 11.8 Å². The first-order valence-electron chi connectivity index (χ1n) is 4.32. The van der Waals surface area contributed by atoms with Gasteiger partial charge in [0, 0.05) is 12.0 Å². The fraction of sp³-hybridized carbons (Fsp3) is 0.625. The number of nitrogens with zero attached hydrogens (tertiary/aromatic N) is 3. The van der Waals surface area contributed by atoms with Gasteiger partial charge in [-0.25, -0.2) is 9.36 Å².